The first-order chi connectivity index (χ1) is 7.16. The molecule has 0 aliphatic carbocycles. The Kier molecular flexibility index (Phi) is 2.42. The van der Waals surface area contributed by atoms with E-state index in [4.69, 9.17) is 0 Å². The summed E-state index contributed by atoms with van der Waals surface area (Å²) in [5, 5.41) is 9.30. The molecule has 0 bridgehead atoms. The number of phenols is 1. The van der Waals surface area contributed by atoms with E-state index in [9.17, 15) is 9.50 Å². The normalized spacial score (nSPS) is 10.3. The van der Waals surface area contributed by atoms with E-state index < -0.39 is 0 Å². The molecule has 0 saturated heterocycles. The minimum Gasteiger partial charge on any atom is -0.508 e. The quantitative estimate of drug-likeness (QED) is 0.750. The molecule has 0 aliphatic rings. The fourth-order valence-corrected chi connectivity index (χ4v) is 1.53. The number of hydrogen-bond acceptors (Lipinski definition) is 1. The molecule has 0 atom stereocenters. The Morgan fingerprint density at radius 3 is 2.53 bits per heavy atom. The maximum absolute atomic E-state index is 13.6. The number of phenolic OH excluding ortho intramolecular Hbond substituents is 1. The van der Waals surface area contributed by atoms with E-state index in [-0.39, 0.29) is 11.6 Å². The molecule has 0 saturated carbocycles. The molecule has 2 aromatic carbocycles. The van der Waals surface area contributed by atoms with Gasteiger partial charge in [0.15, 0.2) is 0 Å². The van der Waals surface area contributed by atoms with Gasteiger partial charge >= 0.3 is 0 Å². The number of aryl methyl sites for hydroxylation is 1. The second-order valence-electron chi connectivity index (χ2n) is 3.53. The lowest BCUT2D eigenvalue weighted by atomic mass is 10.0. The topological polar surface area (TPSA) is 20.2 Å². The summed E-state index contributed by atoms with van der Waals surface area (Å²) in [5.41, 5.74) is 2.08. The third kappa shape index (κ3) is 1.99. The summed E-state index contributed by atoms with van der Waals surface area (Å²) in [6.45, 7) is 1.84. The van der Waals surface area contributed by atoms with E-state index in [1.165, 1.54) is 6.07 Å². The summed E-state index contributed by atoms with van der Waals surface area (Å²) < 4.78 is 13.6. The Morgan fingerprint density at radius 2 is 1.87 bits per heavy atom. The highest BCUT2D eigenvalue weighted by molar-refractivity contribution is 5.65. The van der Waals surface area contributed by atoms with E-state index in [1.807, 2.05) is 13.0 Å². The highest BCUT2D eigenvalue weighted by Gasteiger charge is 2.05. The van der Waals surface area contributed by atoms with Crippen molar-refractivity contribution in [1.82, 2.24) is 0 Å². The van der Waals surface area contributed by atoms with Gasteiger partial charge in [-0.15, -0.1) is 0 Å². The summed E-state index contributed by atoms with van der Waals surface area (Å²) in [6.07, 6.45) is 0. The van der Waals surface area contributed by atoms with Gasteiger partial charge in [0.2, 0.25) is 0 Å². The monoisotopic (exact) mass is 202 g/mol. The second-order valence-corrected chi connectivity index (χ2v) is 3.53. The number of hydrogen-bond donors (Lipinski definition) is 1. The maximum Gasteiger partial charge on any atom is 0.131 e. The van der Waals surface area contributed by atoms with Crippen molar-refractivity contribution < 1.29 is 9.50 Å². The van der Waals surface area contributed by atoms with Gasteiger partial charge in [0, 0.05) is 5.56 Å². The second kappa shape index (κ2) is 3.73. The molecule has 0 aliphatic heterocycles. The molecule has 0 radical (unpaired) electrons. The molecule has 0 aromatic heterocycles. The van der Waals surface area contributed by atoms with Crippen molar-refractivity contribution >= 4 is 0 Å². The van der Waals surface area contributed by atoms with Gasteiger partial charge in [-0.1, -0.05) is 24.3 Å². The zero-order chi connectivity index (χ0) is 10.8. The van der Waals surface area contributed by atoms with Crippen LogP contribution in [0.3, 0.4) is 0 Å². The van der Waals surface area contributed by atoms with E-state index in [0.717, 1.165) is 5.56 Å². The standard InChI is InChI=1S/C13H11FO/c1-9-5-6-12(13(14)7-9)10-3-2-4-11(15)8-10/h2-8,15H,1H3. The van der Waals surface area contributed by atoms with Gasteiger partial charge in [-0.05, 0) is 36.2 Å². The summed E-state index contributed by atoms with van der Waals surface area (Å²) in [7, 11) is 0. The number of halogens is 1. The third-order valence-corrected chi connectivity index (χ3v) is 2.28. The molecule has 0 heterocycles. The molecule has 0 amide bonds. The fourth-order valence-electron chi connectivity index (χ4n) is 1.53. The molecular formula is C13H11FO. The first kappa shape index (κ1) is 9.71. The summed E-state index contributed by atoms with van der Waals surface area (Å²) in [5.74, 6) is -0.118. The van der Waals surface area contributed by atoms with Gasteiger partial charge in [0.25, 0.3) is 0 Å². The van der Waals surface area contributed by atoms with E-state index in [0.29, 0.717) is 11.1 Å². The number of benzene rings is 2. The van der Waals surface area contributed by atoms with Crippen LogP contribution in [0.2, 0.25) is 0 Å². The molecule has 2 rings (SSSR count). The van der Waals surface area contributed by atoms with Crippen molar-refractivity contribution in [3.05, 3.63) is 53.8 Å². The molecule has 0 spiro atoms. The number of rotatable bonds is 1. The van der Waals surface area contributed by atoms with Crippen LogP contribution >= 0.6 is 0 Å². The van der Waals surface area contributed by atoms with Crippen LogP contribution < -0.4 is 0 Å². The van der Waals surface area contributed by atoms with Crippen LogP contribution in [0, 0.1) is 12.7 Å². The molecule has 0 unspecified atom stereocenters. The average Bonchev–Trinajstić information content (AvgIpc) is 2.17. The Morgan fingerprint density at radius 1 is 1.07 bits per heavy atom. The predicted molar refractivity (Wildman–Crippen MR) is 58.2 cm³/mol. The van der Waals surface area contributed by atoms with Gasteiger partial charge in [0.05, 0.1) is 0 Å². The van der Waals surface area contributed by atoms with Crippen molar-refractivity contribution in [2.24, 2.45) is 0 Å². The van der Waals surface area contributed by atoms with Gasteiger partial charge in [0.1, 0.15) is 11.6 Å². The SMILES string of the molecule is Cc1ccc(-c2cccc(O)c2)c(F)c1. The van der Waals surface area contributed by atoms with Gasteiger partial charge in [-0.2, -0.15) is 0 Å². The van der Waals surface area contributed by atoms with Crippen molar-refractivity contribution in [3.8, 4) is 16.9 Å². The third-order valence-electron chi connectivity index (χ3n) is 2.28. The molecule has 0 fully saturated rings. The zero-order valence-corrected chi connectivity index (χ0v) is 8.37. The summed E-state index contributed by atoms with van der Waals surface area (Å²) in [6, 6.07) is 11.6. The molecule has 76 valence electrons. The Bertz CT molecular complexity index is 492. The average molecular weight is 202 g/mol. The molecule has 1 nitrogen and oxygen atoms in total. The van der Waals surface area contributed by atoms with Crippen LogP contribution in [-0.4, -0.2) is 5.11 Å². The van der Waals surface area contributed by atoms with Crippen LogP contribution in [0.25, 0.3) is 11.1 Å². The number of aromatic hydroxyl groups is 1. The van der Waals surface area contributed by atoms with E-state index in [1.54, 1.807) is 30.3 Å². The van der Waals surface area contributed by atoms with Gasteiger partial charge in [-0.25, -0.2) is 4.39 Å². The van der Waals surface area contributed by atoms with E-state index >= 15 is 0 Å². The summed E-state index contributed by atoms with van der Waals surface area (Å²) >= 11 is 0. The first-order valence-electron chi connectivity index (χ1n) is 4.72. The Hall–Kier alpha value is -1.83. The van der Waals surface area contributed by atoms with Gasteiger partial charge < -0.3 is 5.11 Å². The zero-order valence-electron chi connectivity index (χ0n) is 8.37. The van der Waals surface area contributed by atoms with Crippen molar-refractivity contribution in [2.75, 3.05) is 0 Å². The van der Waals surface area contributed by atoms with Crippen LogP contribution in [-0.2, 0) is 0 Å². The van der Waals surface area contributed by atoms with E-state index in [2.05, 4.69) is 0 Å². The van der Waals surface area contributed by atoms with Crippen LogP contribution in [0.5, 0.6) is 5.75 Å². The van der Waals surface area contributed by atoms with Crippen LogP contribution in [0.4, 0.5) is 4.39 Å². The first-order valence-corrected chi connectivity index (χ1v) is 4.72. The minimum absolute atomic E-state index is 0.146. The predicted octanol–water partition coefficient (Wildman–Crippen LogP) is 3.51. The highest BCUT2D eigenvalue weighted by Crippen LogP contribution is 2.26. The Labute approximate surface area is 87.8 Å². The minimum atomic E-state index is -0.263. The molecule has 2 heteroatoms. The van der Waals surface area contributed by atoms with Crippen molar-refractivity contribution in [2.45, 2.75) is 6.92 Å². The lowest BCUT2D eigenvalue weighted by molar-refractivity contribution is 0.475. The highest BCUT2D eigenvalue weighted by atomic mass is 19.1. The lowest BCUT2D eigenvalue weighted by Gasteiger charge is -2.04. The van der Waals surface area contributed by atoms with Crippen LogP contribution in [0.1, 0.15) is 5.56 Å². The Balaban J connectivity index is 2.54. The lowest BCUT2D eigenvalue weighted by Crippen LogP contribution is -1.85. The van der Waals surface area contributed by atoms with Crippen LogP contribution in [0.15, 0.2) is 42.5 Å². The molecular weight excluding hydrogens is 191 g/mol. The fraction of sp³-hybridized carbons (Fsp3) is 0.0769. The van der Waals surface area contributed by atoms with Crippen molar-refractivity contribution in [3.63, 3.8) is 0 Å². The molecule has 15 heavy (non-hydrogen) atoms. The van der Waals surface area contributed by atoms with Crippen molar-refractivity contribution in [1.29, 1.82) is 0 Å². The molecule has 2 aromatic rings. The molecule has 1 N–H and O–H groups in total. The van der Waals surface area contributed by atoms with Gasteiger partial charge in [-0.3, -0.25) is 0 Å². The largest absolute Gasteiger partial charge is 0.508 e. The summed E-state index contributed by atoms with van der Waals surface area (Å²) in [4.78, 5) is 0. The maximum atomic E-state index is 13.6. The smallest absolute Gasteiger partial charge is 0.131 e.